The number of methoxy groups -OCH3 is 1. The van der Waals surface area contributed by atoms with E-state index in [0.717, 1.165) is 11.1 Å². The Hall–Kier alpha value is -2.16. The molecule has 0 amide bonds. The second kappa shape index (κ2) is 6.08. The molecule has 0 aliphatic carbocycles. The molecule has 1 heterocycles. The molecule has 110 valence electrons. The first-order valence-corrected chi connectivity index (χ1v) is 7.03. The molecule has 21 heavy (non-hydrogen) atoms. The van der Waals surface area contributed by atoms with Crippen LogP contribution in [-0.4, -0.2) is 17.9 Å². The highest BCUT2D eigenvalue weighted by atomic mass is 16.5. The molecular formula is C18H21NO2. The smallest absolute Gasteiger partial charge is 0.212 e. The number of carbonyl (C=O) groups excluding carboxylic acids is 1. The zero-order chi connectivity index (χ0) is 15.5. The van der Waals surface area contributed by atoms with Gasteiger partial charge in [-0.1, -0.05) is 51.1 Å². The predicted molar refractivity (Wildman–Crippen MR) is 84.0 cm³/mol. The van der Waals surface area contributed by atoms with Crippen molar-refractivity contribution in [3.63, 3.8) is 0 Å². The molecule has 0 aliphatic heterocycles. The van der Waals surface area contributed by atoms with Crippen molar-refractivity contribution in [2.45, 2.75) is 32.6 Å². The van der Waals surface area contributed by atoms with Crippen molar-refractivity contribution in [2.75, 3.05) is 7.11 Å². The molecule has 0 spiro atoms. The minimum atomic E-state index is 0.0987. The number of ketones is 1. The van der Waals surface area contributed by atoms with Crippen LogP contribution in [0.3, 0.4) is 0 Å². The minimum absolute atomic E-state index is 0.0987. The van der Waals surface area contributed by atoms with Crippen molar-refractivity contribution in [2.24, 2.45) is 0 Å². The van der Waals surface area contributed by atoms with E-state index in [1.165, 1.54) is 5.56 Å². The van der Waals surface area contributed by atoms with Gasteiger partial charge in [-0.2, -0.15) is 0 Å². The number of benzene rings is 1. The van der Waals surface area contributed by atoms with Crippen molar-refractivity contribution < 1.29 is 9.53 Å². The fraction of sp³-hybridized carbons (Fsp3) is 0.333. The topological polar surface area (TPSA) is 39.2 Å². The minimum Gasteiger partial charge on any atom is -0.481 e. The molecule has 0 radical (unpaired) electrons. The van der Waals surface area contributed by atoms with Gasteiger partial charge in [0.2, 0.25) is 5.88 Å². The van der Waals surface area contributed by atoms with Crippen molar-refractivity contribution in [1.29, 1.82) is 0 Å². The summed E-state index contributed by atoms with van der Waals surface area (Å²) in [6, 6.07) is 11.5. The van der Waals surface area contributed by atoms with Crippen LogP contribution in [0.15, 0.2) is 42.6 Å². The van der Waals surface area contributed by atoms with Crippen molar-refractivity contribution >= 4 is 5.78 Å². The van der Waals surface area contributed by atoms with Crippen LogP contribution in [0.1, 0.15) is 42.3 Å². The Morgan fingerprint density at radius 1 is 1.10 bits per heavy atom. The summed E-state index contributed by atoms with van der Waals surface area (Å²) in [7, 11) is 1.57. The van der Waals surface area contributed by atoms with Gasteiger partial charge in [-0.05, 0) is 16.5 Å². The predicted octanol–water partition coefficient (Wildman–Crippen LogP) is 3.81. The molecule has 0 N–H and O–H groups in total. The van der Waals surface area contributed by atoms with Crippen LogP contribution < -0.4 is 4.74 Å². The number of aromatic nitrogens is 1. The van der Waals surface area contributed by atoms with Gasteiger partial charge in [-0.25, -0.2) is 4.98 Å². The third-order valence-corrected chi connectivity index (χ3v) is 3.44. The van der Waals surface area contributed by atoms with E-state index in [9.17, 15) is 4.79 Å². The van der Waals surface area contributed by atoms with Gasteiger partial charge in [0, 0.05) is 24.2 Å². The molecule has 1 aromatic heterocycles. The number of hydrogen-bond donors (Lipinski definition) is 0. The van der Waals surface area contributed by atoms with Crippen LogP contribution in [0.2, 0.25) is 0 Å². The summed E-state index contributed by atoms with van der Waals surface area (Å²) < 4.78 is 5.01. The van der Waals surface area contributed by atoms with Gasteiger partial charge in [0.25, 0.3) is 0 Å². The number of ether oxygens (including phenoxy) is 1. The molecule has 0 unspecified atom stereocenters. The van der Waals surface area contributed by atoms with Crippen molar-refractivity contribution in [1.82, 2.24) is 4.98 Å². The van der Waals surface area contributed by atoms with E-state index in [2.05, 4.69) is 25.8 Å². The molecule has 0 saturated heterocycles. The summed E-state index contributed by atoms with van der Waals surface area (Å²) in [5, 5.41) is 0. The Kier molecular flexibility index (Phi) is 4.41. The lowest BCUT2D eigenvalue weighted by Gasteiger charge is -2.19. The summed E-state index contributed by atoms with van der Waals surface area (Å²) in [6.07, 6.45) is 2.03. The summed E-state index contributed by atoms with van der Waals surface area (Å²) >= 11 is 0. The van der Waals surface area contributed by atoms with E-state index in [0.29, 0.717) is 12.3 Å². The summed E-state index contributed by atoms with van der Waals surface area (Å²) in [4.78, 5) is 16.4. The van der Waals surface area contributed by atoms with Gasteiger partial charge in [0.05, 0.1) is 7.11 Å². The van der Waals surface area contributed by atoms with Gasteiger partial charge < -0.3 is 4.74 Å². The fourth-order valence-electron chi connectivity index (χ4n) is 2.08. The van der Waals surface area contributed by atoms with Crippen LogP contribution in [-0.2, 0) is 11.8 Å². The lowest BCUT2D eigenvalue weighted by Crippen LogP contribution is -2.11. The normalized spacial score (nSPS) is 11.2. The molecule has 2 aromatic rings. The number of carbonyl (C=O) groups is 1. The Balaban J connectivity index is 2.09. The van der Waals surface area contributed by atoms with E-state index in [-0.39, 0.29) is 11.2 Å². The molecule has 0 saturated carbocycles. The summed E-state index contributed by atoms with van der Waals surface area (Å²) in [5.41, 5.74) is 2.95. The second-order valence-electron chi connectivity index (χ2n) is 6.14. The van der Waals surface area contributed by atoms with E-state index in [1.807, 2.05) is 30.3 Å². The average molecular weight is 283 g/mol. The monoisotopic (exact) mass is 283 g/mol. The molecule has 0 atom stereocenters. The SMILES string of the molecule is COc1ccc(CC(=O)c2ccc(C(C)(C)C)cc2)cn1. The summed E-state index contributed by atoms with van der Waals surface area (Å²) in [6.45, 7) is 6.48. The molecule has 3 heteroatoms. The van der Waals surface area contributed by atoms with Crippen LogP contribution in [0.5, 0.6) is 5.88 Å². The van der Waals surface area contributed by atoms with Crippen molar-refractivity contribution in [3.05, 3.63) is 59.3 Å². The zero-order valence-corrected chi connectivity index (χ0v) is 13.0. The standard InChI is InChI=1S/C18H21NO2/c1-18(2,3)15-8-6-14(7-9-15)16(20)11-13-5-10-17(21-4)19-12-13/h5-10,12H,11H2,1-4H3. The number of hydrogen-bond acceptors (Lipinski definition) is 3. The molecule has 1 aromatic carbocycles. The maximum atomic E-state index is 12.3. The van der Waals surface area contributed by atoms with Crippen LogP contribution in [0.4, 0.5) is 0 Å². The van der Waals surface area contributed by atoms with Gasteiger partial charge in [0.1, 0.15) is 0 Å². The number of Topliss-reactive ketones (excluding diaryl/α,β-unsaturated/α-hetero) is 1. The van der Waals surface area contributed by atoms with Crippen molar-refractivity contribution in [3.8, 4) is 5.88 Å². The zero-order valence-electron chi connectivity index (χ0n) is 13.0. The van der Waals surface area contributed by atoms with Gasteiger partial charge in [-0.15, -0.1) is 0 Å². The summed E-state index contributed by atoms with van der Waals surface area (Å²) in [5.74, 6) is 0.656. The van der Waals surface area contributed by atoms with Gasteiger partial charge in [0.15, 0.2) is 5.78 Å². The molecule has 2 rings (SSSR count). The largest absolute Gasteiger partial charge is 0.481 e. The molecule has 0 fully saturated rings. The fourth-order valence-corrected chi connectivity index (χ4v) is 2.08. The van der Waals surface area contributed by atoms with Gasteiger partial charge >= 0.3 is 0 Å². The molecular weight excluding hydrogens is 262 g/mol. The third-order valence-electron chi connectivity index (χ3n) is 3.44. The quantitative estimate of drug-likeness (QED) is 0.801. The third kappa shape index (κ3) is 3.91. The Labute approximate surface area is 126 Å². The first kappa shape index (κ1) is 15.2. The Morgan fingerprint density at radius 3 is 2.24 bits per heavy atom. The average Bonchev–Trinajstić information content (AvgIpc) is 2.47. The molecule has 0 bridgehead atoms. The van der Waals surface area contributed by atoms with E-state index < -0.39 is 0 Å². The Bertz CT molecular complexity index is 607. The second-order valence-corrected chi connectivity index (χ2v) is 6.14. The first-order chi connectivity index (χ1) is 9.90. The highest BCUT2D eigenvalue weighted by Gasteiger charge is 2.14. The number of pyridine rings is 1. The van der Waals surface area contributed by atoms with E-state index in [1.54, 1.807) is 19.4 Å². The highest BCUT2D eigenvalue weighted by Crippen LogP contribution is 2.22. The van der Waals surface area contributed by atoms with Crippen LogP contribution >= 0.6 is 0 Å². The molecule has 0 aliphatic rings. The highest BCUT2D eigenvalue weighted by molar-refractivity contribution is 5.97. The van der Waals surface area contributed by atoms with E-state index >= 15 is 0 Å². The van der Waals surface area contributed by atoms with Gasteiger partial charge in [-0.3, -0.25) is 4.79 Å². The first-order valence-electron chi connectivity index (χ1n) is 7.03. The number of rotatable bonds is 4. The lowest BCUT2D eigenvalue weighted by atomic mass is 9.86. The van der Waals surface area contributed by atoms with Crippen LogP contribution in [0.25, 0.3) is 0 Å². The Morgan fingerprint density at radius 2 is 1.76 bits per heavy atom. The lowest BCUT2D eigenvalue weighted by molar-refractivity contribution is 0.0993. The number of nitrogens with zero attached hydrogens (tertiary/aromatic N) is 1. The maximum absolute atomic E-state index is 12.3. The van der Waals surface area contributed by atoms with Crippen LogP contribution in [0, 0.1) is 0 Å². The maximum Gasteiger partial charge on any atom is 0.212 e. The molecule has 3 nitrogen and oxygen atoms in total. The van der Waals surface area contributed by atoms with E-state index in [4.69, 9.17) is 4.74 Å².